The van der Waals surface area contributed by atoms with Gasteiger partial charge in [0.2, 0.25) is 0 Å². The molecule has 2 rings (SSSR count). The largest absolute Gasteiger partial charge is 0.339 e. The minimum absolute atomic E-state index is 0.00834. The second kappa shape index (κ2) is 5.33. The average molecular weight is 281 g/mol. The number of hydrogen-bond acceptors (Lipinski definition) is 3. The summed E-state index contributed by atoms with van der Waals surface area (Å²) in [6.45, 7) is 4.90. The smallest absolute Gasteiger partial charge is 0.253 e. The molecule has 4 nitrogen and oxygen atoms in total. The molecule has 1 fully saturated rings. The molecule has 104 valence electrons. The van der Waals surface area contributed by atoms with Crippen LogP contribution in [0, 0.1) is 0 Å². The molecule has 1 amide bonds. The molecule has 1 aromatic carbocycles. The van der Waals surface area contributed by atoms with Crippen molar-refractivity contribution < 1.29 is 13.2 Å². The minimum Gasteiger partial charge on any atom is -0.339 e. The van der Waals surface area contributed by atoms with E-state index in [0.717, 1.165) is 25.9 Å². The van der Waals surface area contributed by atoms with Gasteiger partial charge in [0, 0.05) is 18.7 Å². The maximum atomic E-state index is 12.1. The predicted octanol–water partition coefficient (Wildman–Crippen LogP) is 2.10. The molecule has 0 N–H and O–H groups in total. The van der Waals surface area contributed by atoms with Gasteiger partial charge in [-0.2, -0.15) is 0 Å². The fraction of sp³-hybridized carbons (Fsp3) is 0.500. The first-order chi connectivity index (χ1) is 8.93. The second-order valence-corrected chi connectivity index (χ2v) is 7.62. The van der Waals surface area contributed by atoms with E-state index in [2.05, 4.69) is 0 Å². The Balaban J connectivity index is 2.21. The Labute approximate surface area is 114 Å². The Morgan fingerprint density at radius 3 is 2.11 bits per heavy atom. The number of sulfone groups is 1. The number of rotatable bonds is 3. The quantitative estimate of drug-likeness (QED) is 0.852. The van der Waals surface area contributed by atoms with Gasteiger partial charge in [-0.05, 0) is 51.0 Å². The van der Waals surface area contributed by atoms with Crippen LogP contribution in [0.4, 0.5) is 0 Å². The molecular formula is C14H19NO3S. The highest BCUT2D eigenvalue weighted by Crippen LogP contribution is 2.18. The van der Waals surface area contributed by atoms with Gasteiger partial charge in [0.1, 0.15) is 0 Å². The van der Waals surface area contributed by atoms with Crippen LogP contribution in [-0.4, -0.2) is 37.6 Å². The molecule has 0 aromatic heterocycles. The maximum absolute atomic E-state index is 12.1. The van der Waals surface area contributed by atoms with Gasteiger partial charge >= 0.3 is 0 Å². The molecule has 1 heterocycles. The SMILES string of the molecule is CC(C)S(=O)(=O)c1ccc(C(=O)N2CCCC2)cc1. The number of amides is 1. The monoisotopic (exact) mass is 281 g/mol. The third kappa shape index (κ3) is 2.81. The first kappa shape index (κ1) is 14.1. The number of carbonyl (C=O) groups is 1. The third-order valence-corrected chi connectivity index (χ3v) is 5.61. The molecule has 1 aliphatic heterocycles. The van der Waals surface area contributed by atoms with Gasteiger partial charge in [0.25, 0.3) is 5.91 Å². The lowest BCUT2D eigenvalue weighted by molar-refractivity contribution is 0.0792. The summed E-state index contributed by atoms with van der Waals surface area (Å²) in [7, 11) is -3.26. The molecule has 0 saturated carbocycles. The molecular weight excluding hydrogens is 262 g/mol. The Morgan fingerprint density at radius 2 is 1.63 bits per heavy atom. The van der Waals surface area contributed by atoms with Crippen LogP contribution in [0.2, 0.25) is 0 Å². The van der Waals surface area contributed by atoms with Crippen LogP contribution < -0.4 is 0 Å². The summed E-state index contributed by atoms with van der Waals surface area (Å²) in [5, 5.41) is -0.451. The lowest BCUT2D eigenvalue weighted by Crippen LogP contribution is -2.27. The Bertz CT molecular complexity index is 555. The number of nitrogens with zero attached hydrogens (tertiary/aromatic N) is 1. The Hall–Kier alpha value is -1.36. The zero-order chi connectivity index (χ0) is 14.0. The van der Waals surface area contributed by atoms with E-state index in [1.165, 1.54) is 12.1 Å². The highest BCUT2D eigenvalue weighted by Gasteiger charge is 2.22. The molecule has 1 saturated heterocycles. The van der Waals surface area contributed by atoms with E-state index in [4.69, 9.17) is 0 Å². The van der Waals surface area contributed by atoms with E-state index in [1.54, 1.807) is 26.0 Å². The summed E-state index contributed by atoms with van der Waals surface area (Å²) < 4.78 is 23.9. The van der Waals surface area contributed by atoms with Gasteiger partial charge in [-0.3, -0.25) is 4.79 Å². The highest BCUT2D eigenvalue weighted by molar-refractivity contribution is 7.92. The fourth-order valence-electron chi connectivity index (χ4n) is 2.16. The minimum atomic E-state index is -3.26. The van der Waals surface area contributed by atoms with E-state index in [1.807, 2.05) is 4.90 Å². The molecule has 1 aliphatic rings. The van der Waals surface area contributed by atoms with E-state index < -0.39 is 15.1 Å². The first-order valence-electron chi connectivity index (χ1n) is 6.56. The molecule has 0 aliphatic carbocycles. The predicted molar refractivity (Wildman–Crippen MR) is 73.9 cm³/mol. The van der Waals surface area contributed by atoms with Crippen LogP contribution in [0.3, 0.4) is 0 Å². The third-order valence-electron chi connectivity index (χ3n) is 3.44. The first-order valence-corrected chi connectivity index (χ1v) is 8.11. The average Bonchev–Trinajstić information content (AvgIpc) is 2.91. The normalized spacial score (nSPS) is 16.1. The van der Waals surface area contributed by atoms with Gasteiger partial charge in [-0.15, -0.1) is 0 Å². The summed E-state index contributed by atoms with van der Waals surface area (Å²) >= 11 is 0. The molecule has 1 aromatic rings. The number of benzene rings is 1. The molecule has 0 bridgehead atoms. The summed E-state index contributed by atoms with van der Waals surface area (Å²) in [5.41, 5.74) is 0.560. The molecule has 19 heavy (non-hydrogen) atoms. The maximum Gasteiger partial charge on any atom is 0.253 e. The van der Waals surface area contributed by atoms with Crippen LogP contribution in [0.5, 0.6) is 0 Å². The molecule has 0 unspecified atom stereocenters. The number of likely N-dealkylation sites (tertiary alicyclic amines) is 1. The van der Waals surface area contributed by atoms with Crippen LogP contribution in [0.15, 0.2) is 29.2 Å². The topological polar surface area (TPSA) is 54.5 Å². The van der Waals surface area contributed by atoms with Crippen molar-refractivity contribution in [1.82, 2.24) is 4.90 Å². The summed E-state index contributed by atoms with van der Waals surface area (Å²) in [6.07, 6.45) is 2.09. The van der Waals surface area contributed by atoms with Crippen LogP contribution in [0.1, 0.15) is 37.0 Å². The fourth-order valence-corrected chi connectivity index (χ4v) is 3.22. The lowest BCUT2D eigenvalue weighted by atomic mass is 10.2. The van der Waals surface area contributed by atoms with Gasteiger partial charge < -0.3 is 4.90 Å². The van der Waals surface area contributed by atoms with Crippen molar-refractivity contribution in [2.45, 2.75) is 36.8 Å². The van der Waals surface area contributed by atoms with Crippen molar-refractivity contribution in [1.29, 1.82) is 0 Å². The zero-order valence-electron chi connectivity index (χ0n) is 11.3. The molecule has 0 atom stereocenters. The van der Waals surface area contributed by atoms with Gasteiger partial charge in [0.05, 0.1) is 10.1 Å². The lowest BCUT2D eigenvalue weighted by Gasteiger charge is -2.15. The Kier molecular flexibility index (Phi) is 3.94. The van der Waals surface area contributed by atoms with E-state index in [9.17, 15) is 13.2 Å². The number of carbonyl (C=O) groups excluding carboxylic acids is 1. The molecule has 5 heteroatoms. The summed E-state index contributed by atoms with van der Waals surface area (Å²) in [5.74, 6) is -0.00834. The molecule has 0 radical (unpaired) electrons. The van der Waals surface area contributed by atoms with Crippen molar-refractivity contribution in [3.8, 4) is 0 Å². The summed E-state index contributed by atoms with van der Waals surface area (Å²) in [6, 6.07) is 6.27. The van der Waals surface area contributed by atoms with Crippen LogP contribution >= 0.6 is 0 Å². The number of hydrogen-bond donors (Lipinski definition) is 0. The van der Waals surface area contributed by atoms with Gasteiger partial charge in [-0.25, -0.2) is 8.42 Å². The Morgan fingerprint density at radius 1 is 1.11 bits per heavy atom. The van der Waals surface area contributed by atoms with Crippen molar-refractivity contribution in [3.05, 3.63) is 29.8 Å². The summed E-state index contributed by atoms with van der Waals surface area (Å²) in [4.78, 5) is 14.2. The molecule has 0 spiro atoms. The zero-order valence-corrected chi connectivity index (χ0v) is 12.1. The van der Waals surface area contributed by atoms with E-state index in [0.29, 0.717) is 5.56 Å². The van der Waals surface area contributed by atoms with Gasteiger partial charge in [-0.1, -0.05) is 0 Å². The van der Waals surface area contributed by atoms with Gasteiger partial charge in [0.15, 0.2) is 9.84 Å². The standard InChI is InChI=1S/C14H19NO3S/c1-11(2)19(17,18)13-7-5-12(6-8-13)14(16)15-9-3-4-10-15/h5-8,11H,3-4,9-10H2,1-2H3. The van der Waals surface area contributed by atoms with Crippen molar-refractivity contribution >= 4 is 15.7 Å². The van der Waals surface area contributed by atoms with Crippen LogP contribution in [-0.2, 0) is 9.84 Å². The highest BCUT2D eigenvalue weighted by atomic mass is 32.2. The van der Waals surface area contributed by atoms with E-state index in [-0.39, 0.29) is 10.8 Å². The second-order valence-electron chi connectivity index (χ2n) is 5.12. The van der Waals surface area contributed by atoms with Crippen molar-refractivity contribution in [2.75, 3.05) is 13.1 Å². The van der Waals surface area contributed by atoms with Crippen molar-refractivity contribution in [3.63, 3.8) is 0 Å². The van der Waals surface area contributed by atoms with E-state index >= 15 is 0 Å². The van der Waals surface area contributed by atoms with Crippen molar-refractivity contribution in [2.24, 2.45) is 0 Å². The van der Waals surface area contributed by atoms with Crippen LogP contribution in [0.25, 0.3) is 0 Å².